The summed E-state index contributed by atoms with van der Waals surface area (Å²) >= 11 is 0. The first kappa shape index (κ1) is 16.0. The molecular weight excluding hydrogens is 256 g/mol. The van der Waals surface area contributed by atoms with E-state index in [9.17, 15) is 17.6 Å². The average molecular weight is 276 g/mol. The van der Waals surface area contributed by atoms with E-state index in [1.165, 1.54) is 0 Å². The molecule has 0 radical (unpaired) electrons. The summed E-state index contributed by atoms with van der Waals surface area (Å²) in [6.45, 7) is 3.13. The monoisotopic (exact) mass is 276 g/mol. The number of benzene rings is 1. The lowest BCUT2D eigenvalue weighted by atomic mass is 10.0. The van der Waals surface area contributed by atoms with Gasteiger partial charge in [0.05, 0.1) is 0 Å². The van der Waals surface area contributed by atoms with Crippen LogP contribution in [0.15, 0.2) is 0 Å². The Kier molecular flexibility index (Phi) is 6.32. The van der Waals surface area contributed by atoms with E-state index in [1.54, 1.807) is 0 Å². The Labute approximate surface area is 111 Å². The van der Waals surface area contributed by atoms with Gasteiger partial charge in [0.25, 0.3) is 0 Å². The van der Waals surface area contributed by atoms with Gasteiger partial charge < -0.3 is 0 Å². The van der Waals surface area contributed by atoms with Gasteiger partial charge in [-0.05, 0) is 19.8 Å². The normalized spacial score (nSPS) is 11.1. The lowest BCUT2D eigenvalue weighted by Gasteiger charge is -2.09. The number of halogens is 4. The molecular formula is C15H20F4. The van der Waals surface area contributed by atoms with Crippen LogP contribution < -0.4 is 0 Å². The van der Waals surface area contributed by atoms with Crippen LogP contribution in [0.25, 0.3) is 0 Å². The maximum absolute atomic E-state index is 13.6. The fraction of sp³-hybridized carbons (Fsp3) is 0.600. The molecule has 19 heavy (non-hydrogen) atoms. The molecule has 0 unspecified atom stereocenters. The maximum atomic E-state index is 13.6. The van der Waals surface area contributed by atoms with Gasteiger partial charge >= 0.3 is 0 Å². The van der Waals surface area contributed by atoms with Gasteiger partial charge in [0.15, 0.2) is 23.3 Å². The molecule has 0 atom stereocenters. The van der Waals surface area contributed by atoms with Crippen molar-refractivity contribution < 1.29 is 17.6 Å². The van der Waals surface area contributed by atoms with Crippen LogP contribution in [0.3, 0.4) is 0 Å². The standard InChI is InChI=1S/C15H20F4/c1-3-4-5-6-7-8-9-11-14(18)12(16)10(2)13(17)15(11)19/h3-9H2,1-2H3. The van der Waals surface area contributed by atoms with Crippen molar-refractivity contribution in [3.63, 3.8) is 0 Å². The summed E-state index contributed by atoms with van der Waals surface area (Å²) in [5, 5.41) is 0. The Morgan fingerprint density at radius 2 is 1.16 bits per heavy atom. The lowest BCUT2D eigenvalue weighted by Crippen LogP contribution is -2.06. The van der Waals surface area contributed by atoms with Crippen LogP contribution in [-0.4, -0.2) is 0 Å². The van der Waals surface area contributed by atoms with E-state index < -0.39 is 34.4 Å². The summed E-state index contributed by atoms with van der Waals surface area (Å²) in [6, 6.07) is 0. The van der Waals surface area contributed by atoms with Gasteiger partial charge in [0.1, 0.15) is 0 Å². The minimum absolute atomic E-state index is 0.0396. The smallest absolute Gasteiger partial charge is 0.165 e. The highest BCUT2D eigenvalue weighted by molar-refractivity contribution is 5.29. The average Bonchev–Trinajstić information content (AvgIpc) is 2.41. The van der Waals surface area contributed by atoms with E-state index in [0.717, 1.165) is 39.0 Å². The Balaban J connectivity index is 2.64. The summed E-state index contributed by atoms with van der Waals surface area (Å²) in [6.07, 6.45) is 5.72. The first-order chi connectivity index (χ1) is 9.00. The van der Waals surface area contributed by atoms with E-state index in [-0.39, 0.29) is 6.42 Å². The third-order valence-corrected chi connectivity index (χ3v) is 3.35. The lowest BCUT2D eigenvalue weighted by molar-refractivity contribution is 0.428. The Hall–Kier alpha value is -1.06. The zero-order valence-electron chi connectivity index (χ0n) is 11.5. The van der Waals surface area contributed by atoms with Gasteiger partial charge in [0, 0.05) is 11.1 Å². The van der Waals surface area contributed by atoms with Crippen LogP contribution in [-0.2, 0) is 6.42 Å². The fourth-order valence-corrected chi connectivity index (χ4v) is 2.09. The number of rotatable bonds is 7. The van der Waals surface area contributed by atoms with Gasteiger partial charge in [-0.3, -0.25) is 0 Å². The summed E-state index contributed by atoms with van der Waals surface area (Å²) in [4.78, 5) is 0. The Morgan fingerprint density at radius 3 is 1.68 bits per heavy atom. The molecule has 0 amide bonds. The minimum Gasteiger partial charge on any atom is -0.203 e. The highest BCUT2D eigenvalue weighted by Gasteiger charge is 2.22. The molecule has 0 nitrogen and oxygen atoms in total. The molecule has 0 aliphatic heterocycles. The molecule has 1 rings (SSSR count). The molecule has 0 spiro atoms. The van der Waals surface area contributed by atoms with Crippen molar-refractivity contribution in [2.24, 2.45) is 0 Å². The molecule has 4 heteroatoms. The molecule has 0 N–H and O–H groups in total. The number of hydrogen-bond donors (Lipinski definition) is 0. The first-order valence-electron chi connectivity index (χ1n) is 6.82. The van der Waals surface area contributed by atoms with Gasteiger partial charge in [0.2, 0.25) is 0 Å². The number of hydrogen-bond acceptors (Lipinski definition) is 0. The minimum atomic E-state index is -1.28. The molecule has 0 fully saturated rings. The molecule has 108 valence electrons. The molecule has 1 aromatic carbocycles. The Morgan fingerprint density at radius 1 is 0.684 bits per heavy atom. The predicted octanol–water partition coefficient (Wildman–Crippen LogP) is 5.45. The second-order valence-electron chi connectivity index (χ2n) is 4.88. The SMILES string of the molecule is CCCCCCCCc1c(F)c(F)c(C)c(F)c1F. The van der Waals surface area contributed by atoms with Crippen LogP contribution in [0.2, 0.25) is 0 Å². The van der Waals surface area contributed by atoms with Gasteiger partial charge in [-0.25, -0.2) is 17.6 Å². The van der Waals surface area contributed by atoms with Gasteiger partial charge in [-0.1, -0.05) is 39.0 Å². The van der Waals surface area contributed by atoms with E-state index >= 15 is 0 Å². The highest BCUT2D eigenvalue weighted by Crippen LogP contribution is 2.25. The third kappa shape index (κ3) is 3.95. The van der Waals surface area contributed by atoms with Crippen molar-refractivity contribution in [2.45, 2.75) is 58.8 Å². The molecule has 0 heterocycles. The van der Waals surface area contributed by atoms with Crippen molar-refractivity contribution in [3.05, 3.63) is 34.4 Å². The van der Waals surface area contributed by atoms with Crippen LogP contribution in [0.4, 0.5) is 17.6 Å². The molecule has 0 aliphatic carbocycles. The molecule has 0 aliphatic rings. The largest absolute Gasteiger partial charge is 0.203 e. The van der Waals surface area contributed by atoms with Crippen molar-refractivity contribution in [1.29, 1.82) is 0 Å². The molecule has 0 saturated heterocycles. The van der Waals surface area contributed by atoms with E-state index in [0.29, 0.717) is 6.42 Å². The summed E-state index contributed by atoms with van der Waals surface area (Å²) < 4.78 is 53.8. The van der Waals surface area contributed by atoms with Gasteiger partial charge in [-0.15, -0.1) is 0 Å². The molecule has 0 bridgehead atoms. The fourth-order valence-electron chi connectivity index (χ4n) is 2.09. The summed E-state index contributed by atoms with van der Waals surface area (Å²) in [7, 11) is 0. The third-order valence-electron chi connectivity index (χ3n) is 3.35. The highest BCUT2D eigenvalue weighted by atomic mass is 19.2. The van der Waals surface area contributed by atoms with Crippen LogP contribution in [0.5, 0.6) is 0 Å². The van der Waals surface area contributed by atoms with Gasteiger partial charge in [-0.2, -0.15) is 0 Å². The molecule has 0 aromatic heterocycles. The summed E-state index contributed by atoms with van der Waals surface area (Å²) in [5.41, 5.74) is -1.06. The number of unbranched alkanes of at least 4 members (excludes halogenated alkanes) is 5. The summed E-state index contributed by atoms with van der Waals surface area (Å²) in [5.74, 6) is -5.05. The van der Waals surface area contributed by atoms with E-state index in [2.05, 4.69) is 6.92 Å². The van der Waals surface area contributed by atoms with E-state index in [4.69, 9.17) is 0 Å². The van der Waals surface area contributed by atoms with Crippen molar-refractivity contribution >= 4 is 0 Å². The van der Waals surface area contributed by atoms with Crippen LogP contribution in [0, 0.1) is 30.2 Å². The zero-order chi connectivity index (χ0) is 14.4. The predicted molar refractivity (Wildman–Crippen MR) is 68.1 cm³/mol. The van der Waals surface area contributed by atoms with Crippen molar-refractivity contribution in [2.75, 3.05) is 0 Å². The van der Waals surface area contributed by atoms with Crippen molar-refractivity contribution in [3.8, 4) is 0 Å². The second kappa shape index (κ2) is 7.51. The van der Waals surface area contributed by atoms with Crippen LogP contribution >= 0.6 is 0 Å². The molecule has 0 saturated carbocycles. The first-order valence-corrected chi connectivity index (χ1v) is 6.82. The van der Waals surface area contributed by atoms with Crippen molar-refractivity contribution in [1.82, 2.24) is 0 Å². The maximum Gasteiger partial charge on any atom is 0.165 e. The van der Waals surface area contributed by atoms with E-state index in [1.807, 2.05) is 0 Å². The molecule has 1 aromatic rings. The second-order valence-corrected chi connectivity index (χ2v) is 4.88. The topological polar surface area (TPSA) is 0 Å². The Bertz CT molecular complexity index is 398. The quantitative estimate of drug-likeness (QED) is 0.352. The zero-order valence-corrected chi connectivity index (χ0v) is 11.5. The van der Waals surface area contributed by atoms with Crippen LogP contribution in [0.1, 0.15) is 56.6 Å².